The maximum atomic E-state index is 13.3. The highest BCUT2D eigenvalue weighted by Gasteiger charge is 2.56. The lowest BCUT2D eigenvalue weighted by Crippen LogP contribution is -2.55. The van der Waals surface area contributed by atoms with Crippen molar-refractivity contribution in [2.45, 2.75) is 45.6 Å². The largest absolute Gasteiger partial charge is 0.338 e. The molecule has 1 aromatic rings. The van der Waals surface area contributed by atoms with Crippen LogP contribution >= 0.6 is 0 Å². The Bertz CT molecular complexity index is 923. The van der Waals surface area contributed by atoms with Gasteiger partial charge in [-0.25, -0.2) is 4.79 Å². The van der Waals surface area contributed by atoms with Gasteiger partial charge in [-0.2, -0.15) is 0 Å². The minimum atomic E-state index is -0.903. The topological polar surface area (TPSA) is 90.0 Å². The van der Waals surface area contributed by atoms with Crippen LogP contribution in [0.4, 0.5) is 4.79 Å². The zero-order valence-corrected chi connectivity index (χ0v) is 19.1. The van der Waals surface area contributed by atoms with Crippen LogP contribution in [0.25, 0.3) is 0 Å². The number of rotatable bonds is 3. The Kier molecular flexibility index (Phi) is 5.73. The van der Waals surface area contributed by atoms with E-state index in [1.54, 1.807) is 21.9 Å². The number of hydrogen-bond donors (Lipinski definition) is 1. The molecule has 8 nitrogen and oxygen atoms in total. The smallest absolute Gasteiger partial charge is 0.325 e. The van der Waals surface area contributed by atoms with E-state index >= 15 is 0 Å². The third kappa shape index (κ3) is 4.23. The zero-order chi connectivity index (χ0) is 23.1. The first-order valence-electron chi connectivity index (χ1n) is 11.4. The number of imide groups is 1. The predicted molar refractivity (Wildman–Crippen MR) is 119 cm³/mol. The molecular formula is C24H32N4O4. The minimum Gasteiger partial charge on any atom is -0.338 e. The van der Waals surface area contributed by atoms with Crippen LogP contribution in [0.2, 0.25) is 0 Å². The second-order valence-corrected chi connectivity index (χ2v) is 10.3. The van der Waals surface area contributed by atoms with E-state index in [1.165, 1.54) is 0 Å². The molecule has 0 bridgehead atoms. The first-order valence-corrected chi connectivity index (χ1v) is 11.4. The summed E-state index contributed by atoms with van der Waals surface area (Å²) in [5, 5.41) is 2.92. The minimum absolute atomic E-state index is 0.0530. The third-order valence-corrected chi connectivity index (χ3v) is 6.86. The van der Waals surface area contributed by atoms with Gasteiger partial charge in [-0.15, -0.1) is 0 Å². The van der Waals surface area contributed by atoms with E-state index in [2.05, 4.69) is 26.1 Å². The van der Waals surface area contributed by atoms with Gasteiger partial charge in [0.2, 0.25) is 5.91 Å². The monoisotopic (exact) mass is 440 g/mol. The van der Waals surface area contributed by atoms with Crippen LogP contribution in [0.15, 0.2) is 30.3 Å². The summed E-state index contributed by atoms with van der Waals surface area (Å²) in [6, 6.07) is 8.59. The van der Waals surface area contributed by atoms with Gasteiger partial charge in [0.25, 0.3) is 11.8 Å². The van der Waals surface area contributed by atoms with Gasteiger partial charge in [-0.3, -0.25) is 19.3 Å². The maximum Gasteiger partial charge on any atom is 0.325 e. The van der Waals surface area contributed by atoms with Crippen molar-refractivity contribution in [2.24, 2.45) is 11.3 Å². The van der Waals surface area contributed by atoms with Crippen molar-refractivity contribution in [1.82, 2.24) is 20.0 Å². The number of benzene rings is 1. The highest BCUT2D eigenvalue weighted by molar-refractivity contribution is 6.09. The Morgan fingerprint density at radius 3 is 2.25 bits per heavy atom. The van der Waals surface area contributed by atoms with Gasteiger partial charge in [-0.1, -0.05) is 39.0 Å². The van der Waals surface area contributed by atoms with Crippen molar-refractivity contribution >= 4 is 23.8 Å². The number of hydrogen-bond acceptors (Lipinski definition) is 4. The molecule has 1 spiro atoms. The van der Waals surface area contributed by atoms with Crippen LogP contribution in [0.5, 0.6) is 0 Å². The summed E-state index contributed by atoms with van der Waals surface area (Å²) in [7, 11) is 0. The SMILES string of the molecule is C[C@H]1CC(C)(C)C[C@]2(C1)NC(=O)N(CC(=O)N1CCN(C(=O)c3ccccc3)CC1)C2=O. The maximum absolute atomic E-state index is 13.3. The van der Waals surface area contributed by atoms with Crippen molar-refractivity contribution in [3.05, 3.63) is 35.9 Å². The molecule has 4 rings (SSSR count). The molecule has 1 saturated carbocycles. The van der Waals surface area contributed by atoms with Gasteiger partial charge in [0, 0.05) is 31.7 Å². The Labute approximate surface area is 188 Å². The molecule has 1 aromatic carbocycles. The molecule has 2 saturated heterocycles. The van der Waals surface area contributed by atoms with Crippen molar-refractivity contribution in [3.63, 3.8) is 0 Å². The van der Waals surface area contributed by atoms with Crippen LogP contribution in [-0.2, 0) is 9.59 Å². The quantitative estimate of drug-likeness (QED) is 0.729. The van der Waals surface area contributed by atoms with E-state index < -0.39 is 11.6 Å². The third-order valence-electron chi connectivity index (χ3n) is 6.86. The predicted octanol–water partition coefficient (Wildman–Crippen LogP) is 2.11. The molecular weight excluding hydrogens is 408 g/mol. The van der Waals surface area contributed by atoms with Gasteiger partial charge >= 0.3 is 6.03 Å². The summed E-state index contributed by atoms with van der Waals surface area (Å²) in [5.74, 6) is -0.287. The molecule has 32 heavy (non-hydrogen) atoms. The van der Waals surface area contributed by atoms with Crippen LogP contribution in [-0.4, -0.2) is 76.7 Å². The normalized spacial score (nSPS) is 27.6. The van der Waals surface area contributed by atoms with Gasteiger partial charge in [0.1, 0.15) is 12.1 Å². The molecule has 0 unspecified atom stereocenters. The lowest BCUT2D eigenvalue weighted by molar-refractivity contribution is -0.141. The van der Waals surface area contributed by atoms with Gasteiger partial charge in [0.05, 0.1) is 0 Å². The van der Waals surface area contributed by atoms with E-state index in [-0.39, 0.29) is 29.7 Å². The number of carbonyl (C=O) groups excluding carboxylic acids is 4. The first kappa shape index (κ1) is 22.3. The average molecular weight is 441 g/mol. The Balaban J connectivity index is 1.36. The van der Waals surface area contributed by atoms with Crippen molar-refractivity contribution < 1.29 is 19.2 Å². The van der Waals surface area contributed by atoms with Crippen LogP contribution in [0, 0.1) is 11.3 Å². The fourth-order valence-electron chi connectivity index (χ4n) is 5.81. The molecule has 1 aliphatic carbocycles. The van der Waals surface area contributed by atoms with Gasteiger partial charge in [0.15, 0.2) is 0 Å². The molecule has 5 amide bonds. The number of amides is 5. The average Bonchev–Trinajstić information content (AvgIpc) is 2.95. The Hall–Kier alpha value is -2.90. The lowest BCUT2D eigenvalue weighted by atomic mass is 9.64. The summed E-state index contributed by atoms with van der Waals surface area (Å²) in [6.07, 6.45) is 2.19. The van der Waals surface area contributed by atoms with Crippen LogP contribution < -0.4 is 5.32 Å². The molecule has 1 N–H and O–H groups in total. The number of nitrogens with one attached hydrogen (secondary N) is 1. The number of piperazine rings is 1. The highest BCUT2D eigenvalue weighted by Crippen LogP contribution is 2.46. The van der Waals surface area contributed by atoms with E-state index in [9.17, 15) is 19.2 Å². The van der Waals surface area contributed by atoms with Gasteiger partial charge in [-0.05, 0) is 42.7 Å². The van der Waals surface area contributed by atoms with Crippen molar-refractivity contribution in [2.75, 3.05) is 32.7 Å². The van der Waals surface area contributed by atoms with Crippen molar-refractivity contribution in [3.8, 4) is 0 Å². The number of carbonyl (C=O) groups is 4. The second kappa shape index (κ2) is 8.22. The molecule has 2 heterocycles. The van der Waals surface area contributed by atoms with E-state index in [4.69, 9.17) is 0 Å². The highest BCUT2D eigenvalue weighted by atomic mass is 16.2. The molecule has 3 aliphatic rings. The summed E-state index contributed by atoms with van der Waals surface area (Å²) >= 11 is 0. The molecule has 0 radical (unpaired) electrons. The summed E-state index contributed by atoms with van der Waals surface area (Å²) in [4.78, 5) is 55.9. The van der Waals surface area contributed by atoms with Crippen LogP contribution in [0.3, 0.4) is 0 Å². The van der Waals surface area contributed by atoms with E-state index in [1.807, 2.05) is 18.2 Å². The summed E-state index contributed by atoms with van der Waals surface area (Å²) in [6.45, 7) is 7.71. The Morgan fingerprint density at radius 1 is 1.00 bits per heavy atom. The fourth-order valence-corrected chi connectivity index (χ4v) is 5.81. The molecule has 3 fully saturated rings. The summed E-state index contributed by atoms with van der Waals surface area (Å²) < 4.78 is 0. The summed E-state index contributed by atoms with van der Waals surface area (Å²) in [5.41, 5.74) is -0.330. The number of urea groups is 1. The number of nitrogens with zero attached hydrogens (tertiary/aromatic N) is 3. The molecule has 8 heteroatoms. The standard InChI is InChI=1S/C24H32N4O4/c1-17-13-23(2,3)16-24(14-17)21(31)28(22(32)25-24)15-19(29)26-9-11-27(12-10-26)20(30)18-7-5-4-6-8-18/h4-8,17H,9-16H2,1-3H3,(H,25,32)/t17-,24-/m0/s1. The Morgan fingerprint density at radius 2 is 1.62 bits per heavy atom. The second-order valence-electron chi connectivity index (χ2n) is 10.3. The zero-order valence-electron chi connectivity index (χ0n) is 19.1. The molecule has 172 valence electrons. The molecule has 2 atom stereocenters. The van der Waals surface area contributed by atoms with E-state index in [0.29, 0.717) is 50.5 Å². The molecule has 2 aliphatic heterocycles. The fraction of sp³-hybridized carbons (Fsp3) is 0.583. The van der Waals surface area contributed by atoms with Crippen molar-refractivity contribution in [1.29, 1.82) is 0 Å². The lowest BCUT2D eigenvalue weighted by Gasteiger charge is -2.43. The first-order chi connectivity index (χ1) is 15.1. The van der Waals surface area contributed by atoms with Gasteiger partial charge < -0.3 is 15.1 Å². The molecule has 0 aromatic heterocycles. The van der Waals surface area contributed by atoms with Crippen LogP contribution in [0.1, 0.15) is 50.4 Å². The van der Waals surface area contributed by atoms with E-state index in [0.717, 1.165) is 11.3 Å².